The molecule has 0 aliphatic carbocycles. The van der Waals surface area contributed by atoms with Gasteiger partial charge in [0.1, 0.15) is 4.70 Å². The summed E-state index contributed by atoms with van der Waals surface area (Å²) in [5, 5.41) is 14.0. The lowest BCUT2D eigenvalue weighted by Gasteiger charge is -2.13. The second-order valence-corrected chi connectivity index (χ2v) is 9.80. The lowest BCUT2D eigenvalue weighted by atomic mass is 10.1. The number of nitrogens with one attached hydrogen (secondary N) is 1. The number of anilines is 1. The van der Waals surface area contributed by atoms with Gasteiger partial charge in [0.2, 0.25) is 11.7 Å². The van der Waals surface area contributed by atoms with Gasteiger partial charge < -0.3 is 10.1 Å². The monoisotopic (exact) mass is 469 g/mol. The highest BCUT2D eigenvalue weighted by atomic mass is 32.2. The Morgan fingerprint density at radius 1 is 1.28 bits per heavy atom. The zero-order valence-electron chi connectivity index (χ0n) is 17.8. The minimum Gasteiger partial charge on any atom is -0.376 e. The standard InChI is InChI=1S/C22H23N5O3S2/c1-13-5-6-15(10-14(13)2)23-18(28)12-32-22-25-24-21-26(11-16-4-3-8-30-16)20(29)19-17(27(21)22)7-9-31-19/h5-7,9-10,16H,3-4,8,11-12H2,1-2H3,(H,23,28)/t16-/m1/s1. The maximum atomic E-state index is 13.1. The van der Waals surface area contributed by atoms with Crippen molar-refractivity contribution in [2.45, 2.75) is 44.5 Å². The van der Waals surface area contributed by atoms with E-state index in [1.165, 1.54) is 28.7 Å². The van der Waals surface area contributed by atoms with Gasteiger partial charge in [0.25, 0.3) is 5.56 Å². The normalized spacial score (nSPS) is 16.2. The number of ether oxygens (including phenoxy) is 1. The number of aryl methyl sites for hydroxylation is 2. The number of nitrogens with zero attached hydrogens (tertiary/aromatic N) is 4. The van der Waals surface area contributed by atoms with Crippen LogP contribution >= 0.6 is 23.1 Å². The predicted octanol–water partition coefficient (Wildman–Crippen LogP) is 3.63. The number of rotatable bonds is 6. The van der Waals surface area contributed by atoms with Crippen LogP contribution in [-0.4, -0.2) is 43.5 Å². The average molecular weight is 470 g/mol. The molecule has 4 heterocycles. The molecule has 3 aromatic heterocycles. The van der Waals surface area contributed by atoms with Crippen molar-refractivity contribution >= 4 is 50.7 Å². The third-order valence-electron chi connectivity index (χ3n) is 5.72. The molecule has 1 aliphatic rings. The minimum absolute atomic E-state index is 0.00505. The molecule has 32 heavy (non-hydrogen) atoms. The largest absolute Gasteiger partial charge is 0.376 e. The fourth-order valence-corrected chi connectivity index (χ4v) is 5.46. The van der Waals surface area contributed by atoms with E-state index < -0.39 is 0 Å². The van der Waals surface area contributed by atoms with Crippen LogP contribution < -0.4 is 10.9 Å². The van der Waals surface area contributed by atoms with Gasteiger partial charge in [0.15, 0.2) is 5.16 Å². The third-order valence-corrected chi connectivity index (χ3v) is 7.54. The van der Waals surface area contributed by atoms with Crippen molar-refractivity contribution in [3.63, 3.8) is 0 Å². The summed E-state index contributed by atoms with van der Waals surface area (Å²) in [6, 6.07) is 7.75. The highest BCUT2D eigenvalue weighted by Gasteiger charge is 2.23. The summed E-state index contributed by atoms with van der Waals surface area (Å²) in [5.74, 6) is 0.544. The van der Waals surface area contributed by atoms with Crippen molar-refractivity contribution in [2.24, 2.45) is 0 Å². The van der Waals surface area contributed by atoms with E-state index >= 15 is 0 Å². The molecule has 0 unspecified atom stereocenters. The lowest BCUT2D eigenvalue weighted by Crippen LogP contribution is -2.28. The van der Waals surface area contributed by atoms with Gasteiger partial charge in [0, 0.05) is 12.3 Å². The maximum Gasteiger partial charge on any atom is 0.272 e. The third kappa shape index (κ3) is 3.94. The Morgan fingerprint density at radius 3 is 2.94 bits per heavy atom. The van der Waals surface area contributed by atoms with Gasteiger partial charge in [-0.1, -0.05) is 17.8 Å². The second-order valence-electron chi connectivity index (χ2n) is 7.94. The van der Waals surface area contributed by atoms with Gasteiger partial charge in [0.05, 0.1) is 23.9 Å². The summed E-state index contributed by atoms with van der Waals surface area (Å²) in [6.07, 6.45) is 1.93. The molecule has 5 rings (SSSR count). The molecule has 1 amide bonds. The number of thioether (sulfide) groups is 1. The molecule has 166 valence electrons. The number of hydrogen-bond donors (Lipinski definition) is 1. The molecule has 0 bridgehead atoms. The summed E-state index contributed by atoms with van der Waals surface area (Å²) in [6.45, 7) is 5.23. The fraction of sp³-hybridized carbons (Fsp3) is 0.364. The topological polar surface area (TPSA) is 90.5 Å². The van der Waals surface area contributed by atoms with Crippen LogP contribution in [0.5, 0.6) is 0 Å². The van der Waals surface area contributed by atoms with Crippen molar-refractivity contribution in [3.05, 3.63) is 51.1 Å². The molecule has 4 aromatic rings. The van der Waals surface area contributed by atoms with Crippen molar-refractivity contribution in [1.29, 1.82) is 0 Å². The lowest BCUT2D eigenvalue weighted by molar-refractivity contribution is -0.113. The number of carbonyl (C=O) groups excluding carboxylic acids is 1. The van der Waals surface area contributed by atoms with E-state index in [9.17, 15) is 9.59 Å². The first-order chi connectivity index (χ1) is 15.5. The Labute approximate surface area is 192 Å². The summed E-state index contributed by atoms with van der Waals surface area (Å²) in [7, 11) is 0. The second kappa shape index (κ2) is 8.68. The predicted molar refractivity (Wildman–Crippen MR) is 127 cm³/mol. The molecule has 0 spiro atoms. The number of carbonyl (C=O) groups is 1. The van der Waals surface area contributed by atoms with Crippen LogP contribution in [0.15, 0.2) is 39.6 Å². The van der Waals surface area contributed by atoms with Crippen molar-refractivity contribution in [2.75, 3.05) is 17.7 Å². The van der Waals surface area contributed by atoms with Gasteiger partial charge in [-0.15, -0.1) is 21.5 Å². The van der Waals surface area contributed by atoms with Gasteiger partial charge in [-0.25, -0.2) is 0 Å². The number of amides is 1. The molecule has 0 saturated carbocycles. The molecule has 1 aromatic carbocycles. The van der Waals surface area contributed by atoms with Crippen LogP contribution in [0.1, 0.15) is 24.0 Å². The van der Waals surface area contributed by atoms with E-state index in [-0.39, 0.29) is 23.3 Å². The van der Waals surface area contributed by atoms with E-state index in [2.05, 4.69) is 15.5 Å². The Morgan fingerprint density at radius 2 is 2.16 bits per heavy atom. The fourth-order valence-electron chi connectivity index (χ4n) is 3.90. The molecular formula is C22H23N5O3S2. The minimum atomic E-state index is -0.121. The summed E-state index contributed by atoms with van der Waals surface area (Å²) in [4.78, 5) is 25.6. The molecule has 10 heteroatoms. The van der Waals surface area contributed by atoms with Crippen molar-refractivity contribution in [3.8, 4) is 0 Å². The van der Waals surface area contributed by atoms with E-state index in [1.54, 1.807) is 4.57 Å². The van der Waals surface area contributed by atoms with Gasteiger partial charge in [-0.2, -0.15) is 0 Å². The highest BCUT2D eigenvalue weighted by Crippen LogP contribution is 2.25. The first kappa shape index (κ1) is 21.2. The maximum absolute atomic E-state index is 13.1. The SMILES string of the molecule is Cc1ccc(NC(=O)CSc2nnc3n(C[C@H]4CCCO4)c(=O)c4sccc4n23)cc1C. The zero-order valence-corrected chi connectivity index (χ0v) is 19.5. The molecular weight excluding hydrogens is 446 g/mol. The van der Waals surface area contributed by atoms with Crippen molar-refractivity contribution < 1.29 is 9.53 Å². The first-order valence-electron chi connectivity index (χ1n) is 10.5. The molecule has 1 saturated heterocycles. The van der Waals surface area contributed by atoms with Gasteiger partial charge >= 0.3 is 0 Å². The van der Waals surface area contributed by atoms with E-state index in [0.29, 0.717) is 22.2 Å². The van der Waals surface area contributed by atoms with Crippen LogP contribution in [0.25, 0.3) is 16.0 Å². The Bertz CT molecular complexity index is 1370. The number of benzene rings is 1. The molecule has 1 fully saturated rings. The van der Waals surface area contributed by atoms with E-state index in [0.717, 1.165) is 36.2 Å². The molecule has 8 nitrogen and oxygen atoms in total. The average Bonchev–Trinajstić information content (AvgIpc) is 3.52. The van der Waals surface area contributed by atoms with Crippen LogP contribution in [0, 0.1) is 13.8 Å². The molecule has 1 N–H and O–H groups in total. The Hall–Kier alpha value is -2.69. The number of fused-ring (bicyclic) bond motifs is 3. The molecule has 0 radical (unpaired) electrons. The smallest absolute Gasteiger partial charge is 0.272 e. The number of aromatic nitrogens is 4. The summed E-state index contributed by atoms with van der Waals surface area (Å²) >= 11 is 2.70. The summed E-state index contributed by atoms with van der Waals surface area (Å²) in [5.41, 5.74) is 3.77. The van der Waals surface area contributed by atoms with E-state index in [4.69, 9.17) is 4.74 Å². The Kier molecular flexibility index (Phi) is 5.75. The molecule has 1 aliphatic heterocycles. The Balaban J connectivity index is 1.42. The van der Waals surface area contributed by atoms with Gasteiger partial charge in [-0.05, 0) is 61.4 Å². The number of hydrogen-bond acceptors (Lipinski definition) is 7. The highest BCUT2D eigenvalue weighted by molar-refractivity contribution is 7.99. The van der Waals surface area contributed by atoms with Crippen LogP contribution in [0.2, 0.25) is 0 Å². The zero-order chi connectivity index (χ0) is 22.2. The quantitative estimate of drug-likeness (QED) is 0.434. The van der Waals surface area contributed by atoms with Crippen LogP contribution in [-0.2, 0) is 16.1 Å². The van der Waals surface area contributed by atoms with Gasteiger partial charge in [-0.3, -0.25) is 18.6 Å². The van der Waals surface area contributed by atoms with Crippen LogP contribution in [0.3, 0.4) is 0 Å². The van der Waals surface area contributed by atoms with Crippen molar-refractivity contribution in [1.82, 2.24) is 19.2 Å². The van der Waals surface area contributed by atoms with E-state index in [1.807, 2.05) is 47.9 Å². The first-order valence-corrected chi connectivity index (χ1v) is 12.3. The summed E-state index contributed by atoms with van der Waals surface area (Å²) < 4.78 is 9.92. The molecule has 1 atom stereocenters. The van der Waals surface area contributed by atoms with Crippen LogP contribution in [0.4, 0.5) is 5.69 Å². The number of thiophene rings is 1.